The van der Waals surface area contributed by atoms with E-state index >= 15 is 0 Å². The van der Waals surface area contributed by atoms with E-state index in [-0.39, 0.29) is 24.4 Å². The smallest absolute Gasteiger partial charge is 0.488 e. The molecule has 0 spiro atoms. The zero-order valence-corrected chi connectivity index (χ0v) is 14.4. The molecule has 0 radical (unpaired) electrons. The van der Waals surface area contributed by atoms with Crippen molar-refractivity contribution in [1.29, 1.82) is 0 Å². The summed E-state index contributed by atoms with van der Waals surface area (Å²) in [6, 6.07) is 11.1. The van der Waals surface area contributed by atoms with Crippen LogP contribution in [0.25, 0.3) is 0 Å². The second kappa shape index (κ2) is 9.77. The number of hydrogen-bond acceptors (Lipinski definition) is 3. The Morgan fingerprint density at radius 2 is 1.71 bits per heavy atom. The molecule has 152 valence electrons. The van der Waals surface area contributed by atoms with E-state index in [9.17, 15) is 26.7 Å². The summed E-state index contributed by atoms with van der Waals surface area (Å²) >= 11 is 0. The van der Waals surface area contributed by atoms with Gasteiger partial charge in [-0.3, -0.25) is 0 Å². The molecule has 10 heteroatoms. The number of hydrogen-bond donors (Lipinski definition) is 2. The zero-order chi connectivity index (χ0) is 20.6. The lowest BCUT2D eigenvalue weighted by Gasteiger charge is -2.14. The number of alkyl halides is 5. The Labute approximate surface area is 157 Å². The van der Waals surface area contributed by atoms with Gasteiger partial charge in [0.05, 0.1) is 0 Å². The maximum atomic E-state index is 12.4. The van der Waals surface area contributed by atoms with Crippen LogP contribution in [0.2, 0.25) is 0 Å². The average molecular weight is 404 g/mol. The van der Waals surface area contributed by atoms with E-state index in [0.29, 0.717) is 5.56 Å². The van der Waals surface area contributed by atoms with Gasteiger partial charge in [0.15, 0.2) is 0 Å². The van der Waals surface area contributed by atoms with Crippen LogP contribution in [-0.4, -0.2) is 25.4 Å². The molecule has 0 saturated carbocycles. The highest BCUT2D eigenvalue weighted by atomic mass is 19.4. The molecule has 2 rings (SSSR count). The third kappa shape index (κ3) is 7.68. The van der Waals surface area contributed by atoms with E-state index in [1.54, 1.807) is 12.1 Å². The number of nitrogens with one attached hydrogen (secondary N) is 2. The van der Waals surface area contributed by atoms with Gasteiger partial charge >= 0.3 is 12.4 Å². The monoisotopic (exact) mass is 404 g/mol. The van der Waals surface area contributed by atoms with E-state index in [2.05, 4.69) is 15.4 Å². The first-order valence-electron chi connectivity index (χ1n) is 8.08. The fraction of sp³-hybridized carbons (Fsp3) is 0.278. The fourth-order valence-electron chi connectivity index (χ4n) is 2.20. The topological polar surface area (TPSA) is 59.6 Å². The Morgan fingerprint density at radius 3 is 2.43 bits per heavy atom. The summed E-state index contributed by atoms with van der Waals surface area (Å²) in [5, 5.41) is 4.93. The maximum absolute atomic E-state index is 12.4. The van der Waals surface area contributed by atoms with E-state index < -0.39 is 31.2 Å². The van der Waals surface area contributed by atoms with Gasteiger partial charge in [-0.05, 0) is 23.8 Å². The Balaban J connectivity index is 1.85. The van der Waals surface area contributed by atoms with Gasteiger partial charge in [-0.1, -0.05) is 30.3 Å². The van der Waals surface area contributed by atoms with Crippen molar-refractivity contribution in [2.45, 2.75) is 25.9 Å². The number of carbonyl (C=O) groups is 1. The van der Waals surface area contributed by atoms with E-state index in [4.69, 9.17) is 4.74 Å². The zero-order valence-electron chi connectivity index (χ0n) is 14.4. The van der Waals surface area contributed by atoms with Crippen LogP contribution in [0.4, 0.5) is 26.7 Å². The molecule has 0 unspecified atom stereocenters. The molecule has 2 aromatic rings. The maximum Gasteiger partial charge on any atom is 0.573 e. The van der Waals surface area contributed by atoms with Gasteiger partial charge < -0.3 is 20.1 Å². The highest BCUT2D eigenvalue weighted by Gasteiger charge is 2.31. The lowest BCUT2D eigenvalue weighted by Crippen LogP contribution is -2.34. The van der Waals surface area contributed by atoms with Crippen LogP contribution in [0.1, 0.15) is 11.1 Å². The standard InChI is InChI=1S/C18H17F5N2O3/c19-16(20)11-27-14-6-3-4-12(8-14)9-24-17(26)25-10-13-5-1-2-7-15(13)28-18(21,22)23/h1-8,16H,9-11H2,(H2,24,25,26). The molecule has 0 saturated heterocycles. The van der Waals surface area contributed by atoms with E-state index in [1.807, 2.05) is 0 Å². The molecule has 2 N–H and O–H groups in total. The first kappa shape index (κ1) is 21.3. The minimum atomic E-state index is -4.84. The first-order chi connectivity index (χ1) is 13.2. The largest absolute Gasteiger partial charge is 0.573 e. The molecule has 0 aliphatic carbocycles. The van der Waals surface area contributed by atoms with Crippen molar-refractivity contribution in [2.24, 2.45) is 0 Å². The SMILES string of the molecule is O=C(NCc1cccc(OCC(F)F)c1)NCc1ccccc1OC(F)(F)F. The summed E-state index contributed by atoms with van der Waals surface area (Å²) in [6.45, 7) is -0.856. The third-order valence-electron chi connectivity index (χ3n) is 3.37. The molecular weight excluding hydrogens is 387 g/mol. The molecule has 0 fully saturated rings. The van der Waals surface area contributed by atoms with Crippen LogP contribution in [0, 0.1) is 0 Å². The van der Waals surface area contributed by atoms with Gasteiger partial charge in [0.2, 0.25) is 0 Å². The van der Waals surface area contributed by atoms with Gasteiger partial charge in [-0.15, -0.1) is 13.2 Å². The van der Waals surface area contributed by atoms with Crippen LogP contribution in [0.5, 0.6) is 11.5 Å². The summed E-state index contributed by atoms with van der Waals surface area (Å²) in [4.78, 5) is 11.9. The summed E-state index contributed by atoms with van der Waals surface area (Å²) in [5.41, 5.74) is 0.750. The number of halogens is 5. The molecular formula is C18H17F5N2O3. The van der Waals surface area contributed by atoms with Crippen molar-refractivity contribution in [3.8, 4) is 11.5 Å². The van der Waals surface area contributed by atoms with Crippen molar-refractivity contribution in [3.63, 3.8) is 0 Å². The van der Waals surface area contributed by atoms with Crippen molar-refractivity contribution in [3.05, 3.63) is 59.7 Å². The van der Waals surface area contributed by atoms with Crippen LogP contribution >= 0.6 is 0 Å². The molecule has 0 aliphatic rings. The highest BCUT2D eigenvalue weighted by molar-refractivity contribution is 5.73. The molecule has 0 aliphatic heterocycles. The number of benzene rings is 2. The minimum Gasteiger partial charge on any atom is -0.488 e. The van der Waals surface area contributed by atoms with Gasteiger partial charge in [-0.2, -0.15) is 0 Å². The number of para-hydroxylation sites is 1. The summed E-state index contributed by atoms with van der Waals surface area (Å²) in [6.07, 6.45) is -7.44. The molecule has 0 aromatic heterocycles. The predicted molar refractivity (Wildman–Crippen MR) is 90.1 cm³/mol. The van der Waals surface area contributed by atoms with E-state index in [1.165, 1.54) is 30.3 Å². The van der Waals surface area contributed by atoms with Crippen LogP contribution in [0.3, 0.4) is 0 Å². The highest BCUT2D eigenvalue weighted by Crippen LogP contribution is 2.26. The lowest BCUT2D eigenvalue weighted by molar-refractivity contribution is -0.274. The van der Waals surface area contributed by atoms with Crippen LogP contribution in [-0.2, 0) is 13.1 Å². The van der Waals surface area contributed by atoms with Crippen molar-refractivity contribution in [1.82, 2.24) is 10.6 Å². The second-order valence-electron chi connectivity index (χ2n) is 5.54. The van der Waals surface area contributed by atoms with Crippen LogP contribution < -0.4 is 20.1 Å². The summed E-state index contributed by atoms with van der Waals surface area (Å²) < 4.78 is 70.3. The summed E-state index contributed by atoms with van der Waals surface area (Å²) in [7, 11) is 0. The van der Waals surface area contributed by atoms with Gasteiger partial charge in [0.25, 0.3) is 6.43 Å². The number of amides is 2. The molecule has 0 atom stereocenters. The number of ether oxygens (including phenoxy) is 2. The van der Waals surface area contributed by atoms with Crippen molar-refractivity contribution >= 4 is 6.03 Å². The first-order valence-corrected chi connectivity index (χ1v) is 8.08. The molecule has 2 amide bonds. The number of carbonyl (C=O) groups excluding carboxylic acids is 1. The molecule has 2 aromatic carbocycles. The van der Waals surface area contributed by atoms with Crippen molar-refractivity contribution < 1.29 is 36.2 Å². The fourth-order valence-corrected chi connectivity index (χ4v) is 2.20. The quantitative estimate of drug-likeness (QED) is 0.648. The average Bonchev–Trinajstić information content (AvgIpc) is 2.63. The Morgan fingerprint density at radius 1 is 1.00 bits per heavy atom. The van der Waals surface area contributed by atoms with Crippen LogP contribution in [0.15, 0.2) is 48.5 Å². The summed E-state index contributed by atoms with van der Waals surface area (Å²) in [5.74, 6) is -0.169. The van der Waals surface area contributed by atoms with Crippen molar-refractivity contribution in [2.75, 3.05) is 6.61 Å². The number of urea groups is 1. The van der Waals surface area contributed by atoms with Gasteiger partial charge in [0, 0.05) is 18.7 Å². The molecule has 28 heavy (non-hydrogen) atoms. The lowest BCUT2D eigenvalue weighted by atomic mass is 10.2. The Kier molecular flexibility index (Phi) is 7.42. The second-order valence-corrected chi connectivity index (χ2v) is 5.54. The van der Waals surface area contributed by atoms with Gasteiger partial charge in [0.1, 0.15) is 18.1 Å². The van der Waals surface area contributed by atoms with Gasteiger partial charge in [-0.25, -0.2) is 13.6 Å². The predicted octanol–water partition coefficient (Wildman–Crippen LogP) is 4.23. The molecule has 0 bridgehead atoms. The molecule has 5 nitrogen and oxygen atoms in total. The Bertz CT molecular complexity index is 784. The minimum absolute atomic E-state index is 0.0679. The molecule has 0 heterocycles. The Hall–Kier alpha value is -3.04. The van der Waals surface area contributed by atoms with E-state index in [0.717, 1.165) is 6.07 Å². The normalized spacial score (nSPS) is 11.2. The number of rotatable bonds is 8. The third-order valence-corrected chi connectivity index (χ3v) is 3.37.